The maximum atomic E-state index is 12.6. The Bertz CT molecular complexity index is 650. The number of aromatic nitrogens is 1. The molecule has 3 rings (SSSR count). The second-order valence-corrected chi connectivity index (χ2v) is 7.47. The van der Waals surface area contributed by atoms with Gasteiger partial charge in [0.15, 0.2) is 0 Å². The number of carbonyl (C=O) groups excluding carboxylic acids is 1. The topological polar surface area (TPSA) is 46.3 Å². The van der Waals surface area contributed by atoms with Crippen LogP contribution < -0.4 is 0 Å². The van der Waals surface area contributed by atoms with Gasteiger partial charge in [0.1, 0.15) is 5.76 Å². The first kappa shape index (κ1) is 15.6. The first-order chi connectivity index (χ1) is 10.7. The Morgan fingerprint density at radius 2 is 2.45 bits per heavy atom. The highest BCUT2D eigenvalue weighted by atomic mass is 32.2. The molecule has 3 heterocycles. The fourth-order valence-electron chi connectivity index (χ4n) is 2.94. The molecule has 2 aromatic rings. The van der Waals surface area contributed by atoms with Gasteiger partial charge in [0.2, 0.25) is 5.91 Å². The predicted molar refractivity (Wildman–Crippen MR) is 90.2 cm³/mol. The highest BCUT2D eigenvalue weighted by molar-refractivity contribution is 7.99. The summed E-state index contributed by atoms with van der Waals surface area (Å²) in [5.74, 6) is 2.25. The quantitative estimate of drug-likeness (QED) is 0.833. The van der Waals surface area contributed by atoms with E-state index >= 15 is 0 Å². The molecule has 0 N–H and O–H groups in total. The molecule has 0 fully saturated rings. The maximum Gasteiger partial charge on any atom is 0.233 e. The van der Waals surface area contributed by atoms with E-state index in [0.717, 1.165) is 30.8 Å². The lowest BCUT2D eigenvalue weighted by molar-refractivity contribution is -0.131. The van der Waals surface area contributed by atoms with Crippen molar-refractivity contribution in [2.45, 2.75) is 38.5 Å². The Labute approximate surface area is 138 Å². The molecule has 0 aliphatic carbocycles. The van der Waals surface area contributed by atoms with E-state index in [1.54, 1.807) is 11.8 Å². The van der Waals surface area contributed by atoms with Crippen LogP contribution >= 0.6 is 23.1 Å². The molecule has 0 saturated heterocycles. The molecule has 0 spiro atoms. The van der Waals surface area contributed by atoms with Crippen molar-refractivity contribution in [1.29, 1.82) is 0 Å². The van der Waals surface area contributed by atoms with E-state index in [9.17, 15) is 4.79 Å². The van der Waals surface area contributed by atoms with Crippen LogP contribution in [-0.4, -0.2) is 28.3 Å². The molecule has 4 nitrogen and oxygen atoms in total. The van der Waals surface area contributed by atoms with E-state index in [4.69, 9.17) is 4.52 Å². The summed E-state index contributed by atoms with van der Waals surface area (Å²) in [6, 6.07) is 4.35. The number of amides is 1. The van der Waals surface area contributed by atoms with Crippen molar-refractivity contribution < 1.29 is 9.32 Å². The van der Waals surface area contributed by atoms with Crippen LogP contribution in [0.1, 0.15) is 41.3 Å². The van der Waals surface area contributed by atoms with Crippen LogP contribution in [0.25, 0.3) is 0 Å². The summed E-state index contributed by atoms with van der Waals surface area (Å²) in [7, 11) is 0. The van der Waals surface area contributed by atoms with E-state index in [-0.39, 0.29) is 11.9 Å². The smallest absolute Gasteiger partial charge is 0.233 e. The molecule has 0 radical (unpaired) electrons. The number of thiophene rings is 1. The molecule has 1 atom stereocenters. The van der Waals surface area contributed by atoms with Crippen LogP contribution in [0, 0.1) is 6.92 Å². The van der Waals surface area contributed by atoms with Gasteiger partial charge >= 0.3 is 0 Å². The van der Waals surface area contributed by atoms with Crippen molar-refractivity contribution in [1.82, 2.24) is 10.1 Å². The van der Waals surface area contributed by atoms with Crippen molar-refractivity contribution in [3.05, 3.63) is 39.4 Å². The molecule has 0 unspecified atom stereocenters. The summed E-state index contributed by atoms with van der Waals surface area (Å²) >= 11 is 3.41. The van der Waals surface area contributed by atoms with Gasteiger partial charge in [-0.1, -0.05) is 12.1 Å². The number of carbonyl (C=O) groups is 1. The zero-order valence-electron chi connectivity index (χ0n) is 12.9. The summed E-state index contributed by atoms with van der Waals surface area (Å²) in [6.45, 7) is 4.90. The number of fused-ring (bicyclic) bond motifs is 1. The lowest BCUT2D eigenvalue weighted by Crippen LogP contribution is -2.40. The van der Waals surface area contributed by atoms with Crippen LogP contribution in [0.5, 0.6) is 0 Å². The molecular weight excluding hydrogens is 316 g/mol. The first-order valence-electron chi connectivity index (χ1n) is 7.54. The average molecular weight is 336 g/mol. The third-order valence-electron chi connectivity index (χ3n) is 3.95. The fourth-order valence-corrected chi connectivity index (χ4v) is 4.65. The van der Waals surface area contributed by atoms with Gasteiger partial charge in [0, 0.05) is 17.5 Å². The number of thioether (sulfide) groups is 1. The number of hydrogen-bond acceptors (Lipinski definition) is 5. The van der Waals surface area contributed by atoms with Crippen LogP contribution in [-0.2, 0) is 17.0 Å². The van der Waals surface area contributed by atoms with Crippen molar-refractivity contribution in [2.75, 3.05) is 12.3 Å². The van der Waals surface area contributed by atoms with Gasteiger partial charge in [-0.3, -0.25) is 4.79 Å². The number of rotatable bonds is 5. The van der Waals surface area contributed by atoms with Crippen molar-refractivity contribution >= 4 is 29.0 Å². The molecule has 1 aliphatic heterocycles. The minimum atomic E-state index is 0.227. The lowest BCUT2D eigenvalue weighted by Gasteiger charge is -2.35. The van der Waals surface area contributed by atoms with Crippen LogP contribution in [0.3, 0.4) is 0 Å². The zero-order valence-corrected chi connectivity index (χ0v) is 14.5. The number of hydrogen-bond donors (Lipinski definition) is 0. The van der Waals surface area contributed by atoms with Gasteiger partial charge < -0.3 is 9.42 Å². The molecule has 0 aromatic carbocycles. The van der Waals surface area contributed by atoms with Gasteiger partial charge in [-0.2, -0.15) is 0 Å². The second kappa shape index (κ2) is 6.87. The summed E-state index contributed by atoms with van der Waals surface area (Å²) in [4.78, 5) is 16.1. The number of aryl methyl sites for hydroxylation is 1. The van der Waals surface area contributed by atoms with Gasteiger partial charge in [-0.25, -0.2) is 0 Å². The predicted octanol–water partition coefficient (Wildman–Crippen LogP) is 3.81. The monoisotopic (exact) mass is 336 g/mol. The third-order valence-corrected chi connectivity index (χ3v) is 5.88. The molecule has 1 aliphatic rings. The highest BCUT2D eigenvalue weighted by Crippen LogP contribution is 2.35. The Kier molecular flexibility index (Phi) is 4.88. The van der Waals surface area contributed by atoms with E-state index in [1.807, 2.05) is 29.2 Å². The number of nitrogens with zero attached hydrogens (tertiary/aromatic N) is 2. The summed E-state index contributed by atoms with van der Waals surface area (Å²) in [5.41, 5.74) is 2.23. The van der Waals surface area contributed by atoms with Crippen molar-refractivity contribution in [3.8, 4) is 0 Å². The maximum absolute atomic E-state index is 12.6. The fraction of sp³-hybridized carbons (Fsp3) is 0.500. The molecule has 2 aromatic heterocycles. The highest BCUT2D eigenvalue weighted by Gasteiger charge is 2.29. The molecule has 0 saturated carbocycles. The van der Waals surface area contributed by atoms with Crippen LogP contribution in [0.2, 0.25) is 0 Å². The van der Waals surface area contributed by atoms with Crippen molar-refractivity contribution in [2.24, 2.45) is 0 Å². The molecule has 22 heavy (non-hydrogen) atoms. The van der Waals surface area contributed by atoms with Crippen molar-refractivity contribution in [3.63, 3.8) is 0 Å². The molecule has 1 amide bonds. The normalized spacial score (nSPS) is 17.5. The van der Waals surface area contributed by atoms with Gasteiger partial charge in [0.25, 0.3) is 0 Å². The van der Waals surface area contributed by atoms with E-state index in [1.165, 1.54) is 10.4 Å². The summed E-state index contributed by atoms with van der Waals surface area (Å²) in [6.07, 6.45) is 1.96. The third kappa shape index (κ3) is 3.22. The molecule has 118 valence electrons. The van der Waals surface area contributed by atoms with E-state index in [0.29, 0.717) is 11.5 Å². The average Bonchev–Trinajstić information content (AvgIpc) is 3.14. The van der Waals surface area contributed by atoms with Crippen LogP contribution in [0.4, 0.5) is 0 Å². The van der Waals surface area contributed by atoms with Gasteiger partial charge in [-0.05, 0) is 36.8 Å². The molecule has 6 heteroatoms. The summed E-state index contributed by atoms with van der Waals surface area (Å²) in [5, 5.41) is 6.01. The SMILES string of the molecule is CC[C@H]1c2ccsc2CCN1C(=O)CSCc1cc(C)no1. The van der Waals surface area contributed by atoms with Crippen LogP contribution in [0.15, 0.2) is 22.0 Å². The Morgan fingerprint density at radius 3 is 3.18 bits per heavy atom. The van der Waals surface area contributed by atoms with Gasteiger partial charge in [-0.15, -0.1) is 23.1 Å². The van der Waals surface area contributed by atoms with Gasteiger partial charge in [0.05, 0.1) is 23.2 Å². The summed E-state index contributed by atoms with van der Waals surface area (Å²) < 4.78 is 5.18. The standard InChI is InChI=1S/C16H20N2O2S2/c1-3-14-13-5-7-22-15(13)4-6-18(14)16(19)10-21-9-12-8-11(2)17-20-12/h5,7-8,14H,3-4,6,9-10H2,1-2H3/t14-/m0/s1. The zero-order chi connectivity index (χ0) is 15.5. The lowest BCUT2D eigenvalue weighted by atomic mass is 9.98. The minimum absolute atomic E-state index is 0.227. The Morgan fingerprint density at radius 1 is 1.59 bits per heavy atom. The van der Waals surface area contributed by atoms with E-state index < -0.39 is 0 Å². The largest absolute Gasteiger partial charge is 0.360 e. The molecular formula is C16H20N2O2S2. The minimum Gasteiger partial charge on any atom is -0.360 e. The first-order valence-corrected chi connectivity index (χ1v) is 9.58. The Hall–Kier alpha value is -1.27. The molecule has 0 bridgehead atoms. The van der Waals surface area contributed by atoms with E-state index in [2.05, 4.69) is 23.5 Å². The Balaban J connectivity index is 1.58. The second-order valence-electron chi connectivity index (χ2n) is 5.49.